The van der Waals surface area contributed by atoms with Gasteiger partial charge in [0.1, 0.15) is 5.82 Å². The minimum absolute atomic E-state index is 0.00782. The third kappa shape index (κ3) is 2.96. The number of aromatic nitrogens is 1. The highest BCUT2D eigenvalue weighted by Crippen LogP contribution is 2.28. The molecule has 0 aromatic carbocycles. The molecule has 2 rings (SSSR count). The lowest BCUT2D eigenvalue weighted by molar-refractivity contribution is 0.0680. The highest BCUT2D eigenvalue weighted by Gasteiger charge is 2.32. The minimum Gasteiger partial charge on any atom is -0.383 e. The fourth-order valence-electron chi connectivity index (χ4n) is 1.83. The average Bonchev–Trinajstić information content (AvgIpc) is 3.23. The molecule has 1 aromatic rings. The number of anilines is 1. The van der Waals surface area contributed by atoms with Crippen LogP contribution in [0, 0.1) is 0 Å². The van der Waals surface area contributed by atoms with Crippen molar-refractivity contribution in [2.75, 3.05) is 25.7 Å². The molecule has 3 N–H and O–H groups in total. The van der Waals surface area contributed by atoms with Gasteiger partial charge in [-0.1, -0.05) is 0 Å². The summed E-state index contributed by atoms with van der Waals surface area (Å²) < 4.78 is 5.04. The van der Waals surface area contributed by atoms with Gasteiger partial charge in [0.15, 0.2) is 0 Å². The van der Waals surface area contributed by atoms with Gasteiger partial charge in [-0.05, 0) is 25.0 Å². The molecule has 1 aliphatic rings. The number of pyridine rings is 1. The summed E-state index contributed by atoms with van der Waals surface area (Å²) in [4.78, 5) is 18.2. The van der Waals surface area contributed by atoms with E-state index in [9.17, 15) is 4.79 Å². The normalized spacial score (nSPS) is 14.3. The Balaban J connectivity index is 2.11. The number of amides is 1. The number of nitrogens with two attached hydrogens (primary N) is 1. The predicted molar refractivity (Wildman–Crippen MR) is 68.0 cm³/mol. The molecule has 6 heteroatoms. The van der Waals surface area contributed by atoms with Gasteiger partial charge in [0, 0.05) is 31.5 Å². The van der Waals surface area contributed by atoms with Crippen LogP contribution in [0.5, 0.6) is 0 Å². The molecule has 6 nitrogen and oxygen atoms in total. The van der Waals surface area contributed by atoms with Gasteiger partial charge in [-0.25, -0.2) is 10.8 Å². The van der Waals surface area contributed by atoms with Gasteiger partial charge in [-0.2, -0.15) is 0 Å². The number of nitrogens with zero attached hydrogens (tertiary/aromatic N) is 2. The van der Waals surface area contributed by atoms with E-state index in [-0.39, 0.29) is 5.91 Å². The van der Waals surface area contributed by atoms with Crippen LogP contribution in [0.1, 0.15) is 23.2 Å². The van der Waals surface area contributed by atoms with Gasteiger partial charge in [0.25, 0.3) is 5.91 Å². The Morgan fingerprint density at radius 1 is 1.67 bits per heavy atom. The van der Waals surface area contributed by atoms with Crippen molar-refractivity contribution in [3.8, 4) is 0 Å². The maximum Gasteiger partial charge on any atom is 0.254 e. The van der Waals surface area contributed by atoms with Crippen molar-refractivity contribution in [3.05, 3.63) is 23.9 Å². The Morgan fingerprint density at radius 3 is 3.06 bits per heavy atom. The number of hydrazine groups is 1. The number of rotatable bonds is 6. The van der Waals surface area contributed by atoms with Crippen LogP contribution in [0.2, 0.25) is 0 Å². The summed E-state index contributed by atoms with van der Waals surface area (Å²) in [5.41, 5.74) is 3.04. The van der Waals surface area contributed by atoms with E-state index in [1.165, 1.54) is 0 Å². The lowest BCUT2D eigenvalue weighted by Crippen LogP contribution is -2.35. The van der Waals surface area contributed by atoms with Gasteiger partial charge in [0.05, 0.1) is 6.61 Å². The Labute approximate surface area is 106 Å². The molecule has 0 atom stereocenters. The van der Waals surface area contributed by atoms with E-state index in [2.05, 4.69) is 10.4 Å². The predicted octanol–water partition coefficient (Wildman–Crippen LogP) is 0.618. The third-order valence-electron chi connectivity index (χ3n) is 2.94. The molecule has 1 fully saturated rings. The monoisotopic (exact) mass is 250 g/mol. The van der Waals surface area contributed by atoms with Crippen LogP contribution < -0.4 is 11.3 Å². The molecule has 0 saturated heterocycles. The van der Waals surface area contributed by atoms with Crippen molar-refractivity contribution >= 4 is 11.7 Å². The van der Waals surface area contributed by atoms with Crippen LogP contribution >= 0.6 is 0 Å². The molecule has 0 unspecified atom stereocenters. The van der Waals surface area contributed by atoms with Crippen molar-refractivity contribution in [1.82, 2.24) is 9.88 Å². The van der Waals surface area contributed by atoms with E-state index >= 15 is 0 Å². The first-order chi connectivity index (χ1) is 8.76. The Bertz CT molecular complexity index is 420. The molecule has 1 aliphatic carbocycles. The molecule has 1 aromatic heterocycles. The summed E-state index contributed by atoms with van der Waals surface area (Å²) in [6.45, 7) is 1.17. The topological polar surface area (TPSA) is 80.5 Å². The molecular formula is C12H18N4O2. The lowest BCUT2D eigenvalue weighted by Gasteiger charge is -2.22. The molecule has 1 heterocycles. The highest BCUT2D eigenvalue weighted by atomic mass is 16.5. The van der Waals surface area contributed by atoms with E-state index < -0.39 is 0 Å². The van der Waals surface area contributed by atoms with Gasteiger partial charge in [0.2, 0.25) is 0 Å². The number of methoxy groups -OCH3 is 1. The summed E-state index contributed by atoms with van der Waals surface area (Å²) in [5.74, 6) is 5.79. The SMILES string of the molecule is COCCN(C(=O)c1ccnc(NN)c1)C1CC1. The summed E-state index contributed by atoms with van der Waals surface area (Å²) in [6, 6.07) is 3.71. The smallest absolute Gasteiger partial charge is 0.254 e. The minimum atomic E-state index is 0.00782. The molecular weight excluding hydrogens is 232 g/mol. The van der Waals surface area contributed by atoms with Crippen molar-refractivity contribution < 1.29 is 9.53 Å². The second-order valence-electron chi connectivity index (χ2n) is 4.30. The zero-order chi connectivity index (χ0) is 13.0. The summed E-state index contributed by atoms with van der Waals surface area (Å²) in [7, 11) is 1.64. The summed E-state index contributed by atoms with van der Waals surface area (Å²) in [5, 5.41) is 0. The second kappa shape index (κ2) is 5.79. The number of nitrogen functional groups attached to an aromatic ring is 1. The number of carbonyl (C=O) groups excluding carboxylic acids is 1. The summed E-state index contributed by atoms with van der Waals surface area (Å²) >= 11 is 0. The number of ether oxygens (including phenoxy) is 1. The van der Waals surface area contributed by atoms with E-state index in [0.29, 0.717) is 30.6 Å². The molecule has 1 saturated carbocycles. The molecule has 0 aliphatic heterocycles. The van der Waals surface area contributed by atoms with E-state index in [1.54, 1.807) is 25.4 Å². The fraction of sp³-hybridized carbons (Fsp3) is 0.500. The number of nitrogens with one attached hydrogen (secondary N) is 1. The number of carbonyl (C=O) groups is 1. The van der Waals surface area contributed by atoms with Crippen molar-refractivity contribution in [3.63, 3.8) is 0 Å². The van der Waals surface area contributed by atoms with Crippen LogP contribution in [0.25, 0.3) is 0 Å². The lowest BCUT2D eigenvalue weighted by atomic mass is 10.2. The van der Waals surface area contributed by atoms with Crippen LogP contribution in [0.3, 0.4) is 0 Å². The van der Waals surface area contributed by atoms with Crippen LogP contribution in [0.15, 0.2) is 18.3 Å². The Morgan fingerprint density at radius 2 is 2.44 bits per heavy atom. The molecule has 98 valence electrons. The highest BCUT2D eigenvalue weighted by molar-refractivity contribution is 5.95. The first-order valence-electron chi connectivity index (χ1n) is 5.99. The molecule has 0 spiro atoms. The number of hydrogen-bond donors (Lipinski definition) is 2. The summed E-state index contributed by atoms with van der Waals surface area (Å²) in [6.07, 6.45) is 3.72. The zero-order valence-corrected chi connectivity index (χ0v) is 10.4. The molecule has 1 amide bonds. The maximum atomic E-state index is 12.4. The van der Waals surface area contributed by atoms with Crippen LogP contribution in [-0.4, -0.2) is 42.1 Å². The second-order valence-corrected chi connectivity index (χ2v) is 4.30. The largest absolute Gasteiger partial charge is 0.383 e. The Hall–Kier alpha value is -1.66. The first kappa shape index (κ1) is 12.8. The maximum absolute atomic E-state index is 12.4. The first-order valence-corrected chi connectivity index (χ1v) is 5.99. The quantitative estimate of drug-likeness (QED) is 0.571. The van der Waals surface area contributed by atoms with Crippen molar-refractivity contribution in [2.24, 2.45) is 5.84 Å². The third-order valence-corrected chi connectivity index (χ3v) is 2.94. The van der Waals surface area contributed by atoms with Gasteiger partial charge >= 0.3 is 0 Å². The standard InChI is InChI=1S/C12H18N4O2/c1-18-7-6-16(10-2-3-10)12(17)9-4-5-14-11(8-9)15-13/h4-5,8,10H,2-3,6-7,13H2,1H3,(H,14,15). The van der Waals surface area contributed by atoms with Gasteiger partial charge < -0.3 is 15.1 Å². The molecule has 18 heavy (non-hydrogen) atoms. The number of hydrogen-bond acceptors (Lipinski definition) is 5. The Kier molecular flexibility index (Phi) is 4.11. The molecule has 0 radical (unpaired) electrons. The van der Waals surface area contributed by atoms with Crippen molar-refractivity contribution in [2.45, 2.75) is 18.9 Å². The van der Waals surface area contributed by atoms with Crippen LogP contribution in [-0.2, 0) is 4.74 Å². The van der Waals surface area contributed by atoms with Gasteiger partial charge in [-0.15, -0.1) is 0 Å². The van der Waals surface area contributed by atoms with Crippen LogP contribution in [0.4, 0.5) is 5.82 Å². The van der Waals surface area contributed by atoms with Gasteiger partial charge in [-0.3, -0.25) is 4.79 Å². The fourth-order valence-corrected chi connectivity index (χ4v) is 1.83. The zero-order valence-electron chi connectivity index (χ0n) is 10.4. The van der Waals surface area contributed by atoms with E-state index in [0.717, 1.165) is 12.8 Å². The van der Waals surface area contributed by atoms with Crippen molar-refractivity contribution in [1.29, 1.82) is 0 Å². The average molecular weight is 250 g/mol. The molecule has 0 bridgehead atoms. The van der Waals surface area contributed by atoms with E-state index in [1.807, 2.05) is 4.90 Å². The van der Waals surface area contributed by atoms with E-state index in [4.69, 9.17) is 10.6 Å².